The third kappa shape index (κ3) is 6.93. The minimum Gasteiger partial charge on any atom is -0.456 e. The van der Waals surface area contributed by atoms with Crippen molar-refractivity contribution in [2.75, 3.05) is 0 Å². The molecule has 5 nitrogen and oxygen atoms in total. The zero-order chi connectivity index (χ0) is 45.0. The summed E-state index contributed by atoms with van der Waals surface area (Å²) in [6.07, 6.45) is 0. The standard InChI is InChI=1S/C63H40N4O/c1-4-15-41(16-5-1)44-29-31-46(32-30-44)49-22-13-24-51(38-49)67-56-27-11-10-25-52(56)54-39-55-59(40-57(54)67)68-58-28-14-26-53(60(55)58)63-65-61(47-35-33-45(34-36-47)42-17-6-2-7-18-42)64-62(66-63)50-23-12-21-48(37-50)43-19-8-3-9-20-43/h1-40H. The molecule has 0 spiro atoms. The van der Waals surface area contributed by atoms with Crippen LogP contribution in [0.2, 0.25) is 0 Å². The molecule has 3 aromatic heterocycles. The Labute approximate surface area is 392 Å². The highest BCUT2D eigenvalue weighted by Gasteiger charge is 2.21. The molecule has 13 rings (SSSR count). The normalized spacial score (nSPS) is 11.5. The van der Waals surface area contributed by atoms with Gasteiger partial charge >= 0.3 is 0 Å². The Bertz CT molecular complexity index is 3990. The van der Waals surface area contributed by atoms with Crippen LogP contribution in [0.15, 0.2) is 247 Å². The van der Waals surface area contributed by atoms with Crippen LogP contribution in [0.25, 0.3) is 128 Å². The van der Waals surface area contributed by atoms with Gasteiger partial charge in [-0.25, -0.2) is 15.0 Å². The Morgan fingerprint density at radius 2 is 0.765 bits per heavy atom. The van der Waals surface area contributed by atoms with Crippen molar-refractivity contribution in [3.8, 4) is 84.4 Å². The van der Waals surface area contributed by atoms with Crippen LogP contribution >= 0.6 is 0 Å². The van der Waals surface area contributed by atoms with E-state index in [-0.39, 0.29) is 0 Å². The molecule has 0 saturated heterocycles. The van der Waals surface area contributed by atoms with E-state index in [0.29, 0.717) is 17.5 Å². The summed E-state index contributed by atoms with van der Waals surface area (Å²) in [6.45, 7) is 0. The molecule has 10 aromatic carbocycles. The monoisotopic (exact) mass is 868 g/mol. The third-order valence-corrected chi connectivity index (χ3v) is 13.1. The van der Waals surface area contributed by atoms with Gasteiger partial charge in [0.1, 0.15) is 11.2 Å². The molecular formula is C63H40N4O. The maximum atomic E-state index is 6.82. The summed E-state index contributed by atoms with van der Waals surface area (Å²) < 4.78 is 9.17. The second-order valence-corrected chi connectivity index (χ2v) is 17.2. The van der Waals surface area contributed by atoms with Crippen molar-refractivity contribution in [3.63, 3.8) is 0 Å². The largest absolute Gasteiger partial charge is 0.456 e. The zero-order valence-electron chi connectivity index (χ0n) is 36.8. The van der Waals surface area contributed by atoms with Crippen LogP contribution in [0.4, 0.5) is 0 Å². The van der Waals surface area contributed by atoms with E-state index < -0.39 is 0 Å². The number of aromatic nitrogens is 4. The number of rotatable bonds is 8. The number of fused-ring (bicyclic) bond motifs is 6. The molecule has 0 amide bonds. The van der Waals surface area contributed by atoms with Gasteiger partial charge in [-0.3, -0.25) is 0 Å². The number of benzene rings is 10. The van der Waals surface area contributed by atoms with E-state index in [1.165, 1.54) is 11.1 Å². The fourth-order valence-corrected chi connectivity index (χ4v) is 9.73. The second-order valence-electron chi connectivity index (χ2n) is 17.2. The highest BCUT2D eigenvalue weighted by molar-refractivity contribution is 6.19. The van der Waals surface area contributed by atoms with Crippen molar-refractivity contribution in [1.29, 1.82) is 0 Å². The molecule has 0 bridgehead atoms. The Kier molecular flexibility index (Phi) is 9.43. The predicted octanol–water partition coefficient (Wildman–Crippen LogP) is 16.5. The first-order chi connectivity index (χ1) is 33.7. The molecule has 5 heteroatoms. The van der Waals surface area contributed by atoms with E-state index in [1.54, 1.807) is 0 Å². The Morgan fingerprint density at radius 3 is 1.44 bits per heavy atom. The summed E-state index contributed by atoms with van der Waals surface area (Å²) in [5.74, 6) is 1.77. The van der Waals surface area contributed by atoms with E-state index in [0.717, 1.165) is 99.5 Å². The van der Waals surface area contributed by atoms with Crippen LogP contribution < -0.4 is 0 Å². The predicted molar refractivity (Wildman–Crippen MR) is 279 cm³/mol. The van der Waals surface area contributed by atoms with Crippen molar-refractivity contribution in [3.05, 3.63) is 243 Å². The number of para-hydroxylation sites is 1. The van der Waals surface area contributed by atoms with Gasteiger partial charge in [0.25, 0.3) is 0 Å². The lowest BCUT2D eigenvalue weighted by atomic mass is 10.00. The number of nitrogens with zero attached hydrogens (tertiary/aromatic N) is 4. The van der Waals surface area contributed by atoms with Gasteiger partial charge in [0.15, 0.2) is 17.5 Å². The smallest absolute Gasteiger partial charge is 0.164 e. The molecule has 0 atom stereocenters. The van der Waals surface area contributed by atoms with E-state index in [9.17, 15) is 0 Å². The molecule has 0 saturated carbocycles. The zero-order valence-corrected chi connectivity index (χ0v) is 36.8. The quantitative estimate of drug-likeness (QED) is 0.153. The number of hydrogen-bond acceptors (Lipinski definition) is 4. The third-order valence-electron chi connectivity index (χ3n) is 13.1. The molecule has 0 radical (unpaired) electrons. The molecule has 13 aromatic rings. The Hall–Kier alpha value is -9.19. The van der Waals surface area contributed by atoms with Gasteiger partial charge in [0.2, 0.25) is 0 Å². The molecule has 0 fully saturated rings. The highest BCUT2D eigenvalue weighted by Crippen LogP contribution is 2.42. The maximum Gasteiger partial charge on any atom is 0.164 e. The minimum atomic E-state index is 0.576. The summed E-state index contributed by atoms with van der Waals surface area (Å²) in [5.41, 5.74) is 16.7. The topological polar surface area (TPSA) is 56.7 Å². The molecule has 0 aliphatic carbocycles. The maximum absolute atomic E-state index is 6.82. The lowest BCUT2D eigenvalue weighted by Crippen LogP contribution is -2.00. The van der Waals surface area contributed by atoms with Gasteiger partial charge in [-0.15, -0.1) is 0 Å². The van der Waals surface area contributed by atoms with Gasteiger partial charge in [-0.2, -0.15) is 0 Å². The van der Waals surface area contributed by atoms with E-state index >= 15 is 0 Å². The molecule has 3 heterocycles. The molecule has 0 aliphatic rings. The van der Waals surface area contributed by atoms with Crippen LogP contribution in [0.1, 0.15) is 0 Å². The van der Waals surface area contributed by atoms with Crippen molar-refractivity contribution in [2.45, 2.75) is 0 Å². The van der Waals surface area contributed by atoms with Gasteiger partial charge in [-0.1, -0.05) is 200 Å². The van der Waals surface area contributed by atoms with Crippen molar-refractivity contribution in [2.24, 2.45) is 0 Å². The average Bonchev–Trinajstić information content (AvgIpc) is 3.95. The van der Waals surface area contributed by atoms with Gasteiger partial charge in [-0.05, 0) is 80.9 Å². The van der Waals surface area contributed by atoms with Gasteiger partial charge in [0.05, 0.1) is 11.0 Å². The van der Waals surface area contributed by atoms with Crippen LogP contribution in [0.3, 0.4) is 0 Å². The molecule has 0 unspecified atom stereocenters. The minimum absolute atomic E-state index is 0.576. The highest BCUT2D eigenvalue weighted by atomic mass is 16.3. The van der Waals surface area contributed by atoms with E-state index in [2.05, 4.69) is 223 Å². The van der Waals surface area contributed by atoms with Crippen LogP contribution in [-0.4, -0.2) is 19.5 Å². The molecule has 0 aliphatic heterocycles. The molecule has 68 heavy (non-hydrogen) atoms. The van der Waals surface area contributed by atoms with Crippen LogP contribution in [-0.2, 0) is 0 Å². The molecular weight excluding hydrogens is 829 g/mol. The van der Waals surface area contributed by atoms with Crippen LogP contribution in [0, 0.1) is 0 Å². The first-order valence-electron chi connectivity index (χ1n) is 22.9. The summed E-state index contributed by atoms with van der Waals surface area (Å²) in [4.78, 5) is 15.7. The molecule has 0 N–H and O–H groups in total. The fourth-order valence-electron chi connectivity index (χ4n) is 9.73. The van der Waals surface area contributed by atoms with Gasteiger partial charge in [0, 0.05) is 50.0 Å². The summed E-state index contributed by atoms with van der Waals surface area (Å²) >= 11 is 0. The number of hydrogen-bond donors (Lipinski definition) is 0. The van der Waals surface area contributed by atoms with Crippen molar-refractivity contribution in [1.82, 2.24) is 19.5 Å². The summed E-state index contributed by atoms with van der Waals surface area (Å²) in [7, 11) is 0. The van der Waals surface area contributed by atoms with E-state index in [1.807, 2.05) is 24.3 Å². The lowest BCUT2D eigenvalue weighted by molar-refractivity contribution is 0.669. The first kappa shape index (κ1) is 39.2. The Balaban J connectivity index is 0.961. The number of furan rings is 1. The average molecular weight is 869 g/mol. The SMILES string of the molecule is c1ccc(-c2ccc(-c3cccc(-n4c5ccccc5c5cc6c(cc54)oc4cccc(-c5nc(-c7ccc(-c8ccccc8)cc7)nc(-c7cccc(-c8ccccc8)c7)n5)c46)c3)cc2)cc1. The van der Waals surface area contributed by atoms with Gasteiger partial charge < -0.3 is 8.98 Å². The summed E-state index contributed by atoms with van der Waals surface area (Å²) in [6, 6.07) is 85.2. The summed E-state index contributed by atoms with van der Waals surface area (Å²) in [5, 5.41) is 4.26. The first-order valence-corrected chi connectivity index (χ1v) is 22.9. The second kappa shape index (κ2) is 16.4. The van der Waals surface area contributed by atoms with Crippen LogP contribution in [0.5, 0.6) is 0 Å². The Morgan fingerprint density at radius 1 is 0.279 bits per heavy atom. The lowest BCUT2D eigenvalue weighted by Gasteiger charge is -2.11. The van der Waals surface area contributed by atoms with Crippen molar-refractivity contribution < 1.29 is 4.42 Å². The molecule has 318 valence electrons. The van der Waals surface area contributed by atoms with Crippen molar-refractivity contribution >= 4 is 43.7 Å². The van der Waals surface area contributed by atoms with E-state index in [4.69, 9.17) is 19.4 Å². The fraction of sp³-hybridized carbons (Fsp3) is 0.